The Morgan fingerprint density at radius 2 is 1.73 bits per heavy atom. The van der Waals surface area contributed by atoms with Crippen molar-refractivity contribution >= 4 is 5.91 Å². The van der Waals surface area contributed by atoms with Gasteiger partial charge in [-0.05, 0) is 79.5 Å². The van der Waals surface area contributed by atoms with Gasteiger partial charge in [0.05, 0.1) is 18.7 Å². The van der Waals surface area contributed by atoms with Crippen LogP contribution < -0.4 is 4.74 Å². The summed E-state index contributed by atoms with van der Waals surface area (Å²) in [6, 6.07) is 12.4. The van der Waals surface area contributed by atoms with Gasteiger partial charge in [-0.1, -0.05) is 12.1 Å². The van der Waals surface area contributed by atoms with Gasteiger partial charge in [-0.25, -0.2) is 9.37 Å². The Balaban J connectivity index is 1.17. The average molecular weight is 446 g/mol. The van der Waals surface area contributed by atoms with Crippen molar-refractivity contribution < 1.29 is 13.9 Å². The molecule has 170 valence electrons. The van der Waals surface area contributed by atoms with Crippen LogP contribution in [0.15, 0.2) is 42.6 Å². The lowest BCUT2D eigenvalue weighted by atomic mass is 9.43. The maximum atomic E-state index is 13.7. The number of halogens is 1. The molecule has 1 amide bonds. The second kappa shape index (κ2) is 7.83. The molecule has 4 aliphatic carbocycles. The first kappa shape index (κ1) is 20.7. The summed E-state index contributed by atoms with van der Waals surface area (Å²) in [5.74, 6) is 3.08. The molecule has 1 aliphatic heterocycles. The molecule has 5 fully saturated rings. The molecular formula is C27H28FN3O2. The van der Waals surface area contributed by atoms with E-state index >= 15 is 0 Å². The summed E-state index contributed by atoms with van der Waals surface area (Å²) in [4.78, 5) is 19.5. The number of aromatic nitrogens is 1. The fourth-order valence-electron chi connectivity index (χ4n) is 7.41. The molecule has 0 spiro atoms. The van der Waals surface area contributed by atoms with Gasteiger partial charge in [0.1, 0.15) is 18.0 Å². The Labute approximate surface area is 193 Å². The van der Waals surface area contributed by atoms with Gasteiger partial charge in [-0.15, -0.1) is 0 Å². The van der Waals surface area contributed by atoms with E-state index in [1.165, 1.54) is 38.3 Å². The maximum absolute atomic E-state index is 13.7. The van der Waals surface area contributed by atoms with Gasteiger partial charge in [-0.2, -0.15) is 5.26 Å². The maximum Gasteiger partial charge on any atom is 0.223 e. The molecule has 5 nitrogen and oxygen atoms in total. The van der Waals surface area contributed by atoms with Crippen LogP contribution in [0.3, 0.4) is 0 Å². The van der Waals surface area contributed by atoms with Gasteiger partial charge < -0.3 is 9.64 Å². The summed E-state index contributed by atoms with van der Waals surface area (Å²) < 4.78 is 19.6. The molecule has 0 N–H and O–H groups in total. The third kappa shape index (κ3) is 3.49. The number of hydrogen-bond donors (Lipinski definition) is 0. The standard InChI is InChI=1S/C27H28FN3O2/c28-23-4-2-20(3-5-23)27(21-8-18-7-19(10-21)11-22(27)9-18)12-26(32)31-15-24(16-31)33-25-6-1-17(13-29)14-30-25/h1-6,14,18-19,21-22,24H,7-12,15-16H2. The normalized spacial score (nSPS) is 32.3. The predicted molar refractivity (Wildman–Crippen MR) is 120 cm³/mol. The third-order valence-corrected chi connectivity index (χ3v) is 8.77. The van der Waals surface area contributed by atoms with Crippen molar-refractivity contribution in [3.63, 3.8) is 0 Å². The zero-order valence-electron chi connectivity index (χ0n) is 18.6. The summed E-state index contributed by atoms with van der Waals surface area (Å²) in [7, 11) is 0. The van der Waals surface area contributed by atoms with Gasteiger partial charge in [-0.3, -0.25) is 4.79 Å². The Hall–Kier alpha value is -2.94. The molecule has 5 aliphatic rings. The topological polar surface area (TPSA) is 66.2 Å². The molecule has 33 heavy (non-hydrogen) atoms. The zero-order chi connectivity index (χ0) is 22.6. The first-order chi connectivity index (χ1) is 16.0. The molecule has 1 aromatic carbocycles. The van der Waals surface area contributed by atoms with Crippen molar-refractivity contribution in [3.05, 3.63) is 59.5 Å². The van der Waals surface area contributed by atoms with Crippen molar-refractivity contribution in [1.82, 2.24) is 9.88 Å². The molecule has 7 rings (SSSR count). The lowest BCUT2D eigenvalue weighted by molar-refractivity contribution is -0.147. The fraction of sp³-hybridized carbons (Fsp3) is 0.519. The SMILES string of the molecule is N#Cc1ccc(OC2CN(C(=O)CC3(c4ccc(F)cc4)C4CC5CC(C4)CC3C5)C2)nc1. The number of rotatable bonds is 5. The van der Waals surface area contributed by atoms with E-state index in [2.05, 4.69) is 4.98 Å². The van der Waals surface area contributed by atoms with Crippen LogP contribution in [-0.2, 0) is 10.2 Å². The van der Waals surface area contributed by atoms with Gasteiger partial charge in [0.2, 0.25) is 11.8 Å². The quantitative estimate of drug-likeness (QED) is 0.681. The number of carbonyl (C=O) groups is 1. The Bertz CT molecular complexity index is 1060. The van der Waals surface area contributed by atoms with Gasteiger partial charge in [0.15, 0.2) is 0 Å². The first-order valence-corrected chi connectivity index (χ1v) is 12.1. The van der Waals surface area contributed by atoms with Crippen LogP contribution >= 0.6 is 0 Å². The number of likely N-dealkylation sites (tertiary alicyclic amines) is 1. The number of carbonyl (C=O) groups excluding carboxylic acids is 1. The first-order valence-electron chi connectivity index (χ1n) is 12.1. The zero-order valence-corrected chi connectivity index (χ0v) is 18.6. The monoisotopic (exact) mass is 445 g/mol. The van der Waals surface area contributed by atoms with Crippen molar-refractivity contribution in [3.8, 4) is 11.9 Å². The molecule has 4 bridgehead atoms. The number of benzene rings is 1. The predicted octanol–water partition coefficient (Wildman–Crippen LogP) is 4.47. The van der Waals surface area contributed by atoms with Crippen LogP contribution in [0.25, 0.3) is 0 Å². The molecule has 1 aromatic heterocycles. The van der Waals surface area contributed by atoms with E-state index in [1.54, 1.807) is 24.3 Å². The summed E-state index contributed by atoms with van der Waals surface area (Å²) in [5, 5.41) is 8.90. The number of nitrogens with zero attached hydrogens (tertiary/aromatic N) is 3. The lowest BCUT2D eigenvalue weighted by Crippen LogP contribution is -2.61. The van der Waals surface area contributed by atoms with Crippen molar-refractivity contribution in [1.29, 1.82) is 5.26 Å². The molecule has 4 saturated carbocycles. The highest BCUT2D eigenvalue weighted by atomic mass is 19.1. The van der Waals surface area contributed by atoms with E-state index in [1.807, 2.05) is 23.1 Å². The highest BCUT2D eigenvalue weighted by molar-refractivity contribution is 5.79. The van der Waals surface area contributed by atoms with Crippen LogP contribution in [0.1, 0.15) is 49.7 Å². The van der Waals surface area contributed by atoms with Crippen molar-refractivity contribution in [2.24, 2.45) is 23.7 Å². The fourth-order valence-corrected chi connectivity index (χ4v) is 7.41. The smallest absolute Gasteiger partial charge is 0.223 e. The van der Waals surface area contributed by atoms with E-state index in [0.717, 1.165) is 17.4 Å². The molecule has 0 atom stereocenters. The minimum atomic E-state index is -0.219. The second-order valence-electron chi connectivity index (χ2n) is 10.6. The molecule has 1 saturated heterocycles. The van der Waals surface area contributed by atoms with E-state index in [-0.39, 0.29) is 23.2 Å². The molecular weight excluding hydrogens is 417 g/mol. The number of nitriles is 1. The van der Waals surface area contributed by atoms with Crippen LogP contribution in [0, 0.1) is 40.8 Å². The van der Waals surface area contributed by atoms with Gasteiger partial charge in [0.25, 0.3) is 0 Å². The number of hydrogen-bond acceptors (Lipinski definition) is 4. The third-order valence-electron chi connectivity index (χ3n) is 8.77. The summed E-state index contributed by atoms with van der Waals surface area (Å²) in [6.07, 6.45) is 8.10. The molecule has 0 radical (unpaired) electrons. The summed E-state index contributed by atoms with van der Waals surface area (Å²) >= 11 is 0. The Morgan fingerprint density at radius 1 is 1.06 bits per heavy atom. The van der Waals surface area contributed by atoms with Crippen LogP contribution in [-0.4, -0.2) is 35.0 Å². The van der Waals surface area contributed by atoms with Crippen LogP contribution in [0.2, 0.25) is 0 Å². The molecule has 2 aromatic rings. The lowest BCUT2D eigenvalue weighted by Gasteiger charge is -2.62. The van der Waals surface area contributed by atoms with E-state index in [9.17, 15) is 9.18 Å². The highest BCUT2D eigenvalue weighted by Gasteiger charge is 2.58. The highest BCUT2D eigenvalue weighted by Crippen LogP contribution is 2.64. The minimum absolute atomic E-state index is 0.0744. The van der Waals surface area contributed by atoms with E-state index < -0.39 is 0 Å². The number of amides is 1. The van der Waals surface area contributed by atoms with Crippen LogP contribution in [0.5, 0.6) is 5.88 Å². The molecule has 2 heterocycles. The molecule has 6 heteroatoms. The minimum Gasteiger partial charge on any atom is -0.471 e. The van der Waals surface area contributed by atoms with Crippen molar-refractivity contribution in [2.75, 3.05) is 13.1 Å². The number of pyridine rings is 1. The largest absolute Gasteiger partial charge is 0.471 e. The van der Waals surface area contributed by atoms with Crippen LogP contribution in [0.4, 0.5) is 4.39 Å². The summed E-state index contributed by atoms with van der Waals surface area (Å²) in [5.41, 5.74) is 1.48. The van der Waals surface area contributed by atoms with Gasteiger partial charge >= 0.3 is 0 Å². The molecule has 0 unspecified atom stereocenters. The summed E-state index contributed by atoms with van der Waals surface area (Å²) in [6.45, 7) is 1.11. The Morgan fingerprint density at radius 3 is 2.30 bits per heavy atom. The Kier molecular flexibility index (Phi) is 4.90. The van der Waals surface area contributed by atoms with Crippen molar-refractivity contribution in [2.45, 2.75) is 50.0 Å². The second-order valence-corrected chi connectivity index (χ2v) is 10.6. The van der Waals surface area contributed by atoms with Gasteiger partial charge in [0, 0.05) is 24.1 Å². The number of ether oxygens (including phenoxy) is 1. The average Bonchev–Trinajstić information content (AvgIpc) is 2.79. The van der Waals surface area contributed by atoms with E-state index in [4.69, 9.17) is 10.00 Å². The van der Waals surface area contributed by atoms with E-state index in [0.29, 0.717) is 42.8 Å².